The zero-order valence-corrected chi connectivity index (χ0v) is 13.5. The Hall–Kier alpha value is -2.41. The maximum atomic E-state index is 12.8. The van der Waals surface area contributed by atoms with E-state index in [1.807, 2.05) is 29.2 Å². The maximum absolute atomic E-state index is 12.8. The molecule has 2 saturated heterocycles. The number of carboxylic acid groups (broad SMARTS) is 1. The minimum absolute atomic E-state index is 0.0673. The van der Waals surface area contributed by atoms with Crippen LogP contribution in [-0.2, 0) is 4.79 Å². The predicted molar refractivity (Wildman–Crippen MR) is 89.9 cm³/mol. The SMILES string of the molecule is O=C(c1n[nH]c2ccccc12)N1CCN2CCCCC2C1.O=CO. The molecule has 0 saturated carbocycles. The number of piperazine rings is 1. The van der Waals surface area contributed by atoms with E-state index < -0.39 is 0 Å². The average molecular weight is 330 g/mol. The molecule has 7 heteroatoms. The molecule has 1 unspecified atom stereocenters. The van der Waals surface area contributed by atoms with E-state index in [9.17, 15) is 4.79 Å². The summed E-state index contributed by atoms with van der Waals surface area (Å²) in [5.74, 6) is 0.0673. The van der Waals surface area contributed by atoms with Gasteiger partial charge in [-0.15, -0.1) is 0 Å². The van der Waals surface area contributed by atoms with Crippen LogP contribution in [0.4, 0.5) is 0 Å². The standard InChI is InChI=1S/C16H20N4O.CH2O2/c21-16(15-13-6-1-2-7-14(13)17-18-15)20-10-9-19-8-4-3-5-12(19)11-20;2-1-3/h1-2,6-7,12H,3-5,8-11H2,(H,17,18);1H,(H,2,3). The largest absolute Gasteiger partial charge is 0.483 e. The molecule has 2 aliphatic rings. The van der Waals surface area contributed by atoms with Gasteiger partial charge in [0.05, 0.1) is 5.52 Å². The van der Waals surface area contributed by atoms with Crippen molar-refractivity contribution >= 4 is 23.3 Å². The monoisotopic (exact) mass is 330 g/mol. The van der Waals surface area contributed by atoms with Gasteiger partial charge in [0.2, 0.25) is 0 Å². The number of aromatic amines is 1. The van der Waals surface area contributed by atoms with Gasteiger partial charge in [0.25, 0.3) is 12.4 Å². The van der Waals surface area contributed by atoms with E-state index in [1.165, 1.54) is 25.8 Å². The number of carbonyl (C=O) groups is 2. The van der Waals surface area contributed by atoms with Gasteiger partial charge in [-0.2, -0.15) is 5.10 Å². The molecule has 1 amide bonds. The number of nitrogens with one attached hydrogen (secondary N) is 1. The molecule has 2 aliphatic heterocycles. The van der Waals surface area contributed by atoms with Crippen LogP contribution in [0.3, 0.4) is 0 Å². The summed E-state index contributed by atoms with van der Waals surface area (Å²) in [5.41, 5.74) is 1.49. The van der Waals surface area contributed by atoms with E-state index in [4.69, 9.17) is 9.90 Å². The number of amides is 1. The number of benzene rings is 1. The molecule has 4 rings (SSSR count). The molecule has 2 fully saturated rings. The van der Waals surface area contributed by atoms with E-state index in [0.717, 1.165) is 30.5 Å². The molecule has 1 aromatic heterocycles. The van der Waals surface area contributed by atoms with Crippen molar-refractivity contribution < 1.29 is 14.7 Å². The first-order chi connectivity index (χ1) is 11.7. The second-order valence-corrected chi connectivity index (χ2v) is 6.16. The Bertz CT molecular complexity index is 715. The number of aromatic nitrogens is 2. The third-order valence-corrected chi connectivity index (χ3v) is 4.80. The molecule has 128 valence electrons. The van der Waals surface area contributed by atoms with Gasteiger partial charge in [0.1, 0.15) is 0 Å². The van der Waals surface area contributed by atoms with Gasteiger partial charge in [0.15, 0.2) is 5.69 Å². The summed E-state index contributed by atoms with van der Waals surface area (Å²) in [4.78, 5) is 25.7. The lowest BCUT2D eigenvalue weighted by atomic mass is 9.99. The van der Waals surface area contributed by atoms with Crippen LogP contribution >= 0.6 is 0 Å². The lowest BCUT2D eigenvalue weighted by Gasteiger charge is -2.43. The molecule has 0 radical (unpaired) electrons. The van der Waals surface area contributed by atoms with Crippen LogP contribution in [0.5, 0.6) is 0 Å². The van der Waals surface area contributed by atoms with Crippen molar-refractivity contribution in [1.29, 1.82) is 0 Å². The van der Waals surface area contributed by atoms with Crippen molar-refractivity contribution in [2.24, 2.45) is 0 Å². The molecular weight excluding hydrogens is 308 g/mol. The fourth-order valence-corrected chi connectivity index (χ4v) is 3.62. The van der Waals surface area contributed by atoms with Gasteiger partial charge in [-0.25, -0.2) is 0 Å². The summed E-state index contributed by atoms with van der Waals surface area (Å²) in [6.45, 7) is 3.60. The highest BCUT2D eigenvalue weighted by Crippen LogP contribution is 2.23. The van der Waals surface area contributed by atoms with Crippen molar-refractivity contribution in [2.75, 3.05) is 26.2 Å². The first-order valence-electron chi connectivity index (χ1n) is 8.29. The summed E-state index contributed by atoms with van der Waals surface area (Å²) >= 11 is 0. The van der Waals surface area contributed by atoms with Crippen LogP contribution in [0.25, 0.3) is 10.9 Å². The highest BCUT2D eigenvalue weighted by Gasteiger charge is 2.32. The number of piperidine rings is 1. The summed E-state index contributed by atoms with van der Waals surface area (Å²) in [7, 11) is 0. The summed E-state index contributed by atoms with van der Waals surface area (Å²) in [6, 6.07) is 8.37. The Morgan fingerprint density at radius 3 is 2.88 bits per heavy atom. The maximum Gasteiger partial charge on any atom is 0.290 e. The number of hydrogen-bond donors (Lipinski definition) is 2. The second-order valence-electron chi connectivity index (χ2n) is 6.16. The zero-order valence-electron chi connectivity index (χ0n) is 13.5. The van der Waals surface area contributed by atoms with Crippen molar-refractivity contribution in [3.05, 3.63) is 30.0 Å². The second kappa shape index (κ2) is 7.44. The average Bonchev–Trinajstić information content (AvgIpc) is 3.05. The molecule has 1 aromatic carbocycles. The predicted octanol–water partition coefficient (Wildman–Crippen LogP) is 1.57. The number of carbonyl (C=O) groups excluding carboxylic acids is 1. The van der Waals surface area contributed by atoms with E-state index in [0.29, 0.717) is 11.7 Å². The van der Waals surface area contributed by atoms with Gasteiger partial charge in [-0.3, -0.25) is 19.6 Å². The molecule has 0 spiro atoms. The third-order valence-electron chi connectivity index (χ3n) is 4.80. The minimum Gasteiger partial charge on any atom is -0.483 e. The van der Waals surface area contributed by atoms with Crippen LogP contribution in [0.15, 0.2) is 24.3 Å². The Labute approximate surface area is 140 Å². The fraction of sp³-hybridized carbons (Fsp3) is 0.471. The Balaban J connectivity index is 0.000000526. The number of H-pyrrole nitrogens is 1. The Morgan fingerprint density at radius 1 is 1.25 bits per heavy atom. The van der Waals surface area contributed by atoms with Crippen LogP contribution < -0.4 is 0 Å². The Morgan fingerprint density at radius 2 is 2.04 bits per heavy atom. The van der Waals surface area contributed by atoms with Gasteiger partial charge in [0, 0.05) is 31.1 Å². The summed E-state index contributed by atoms with van der Waals surface area (Å²) in [6.07, 6.45) is 3.80. The molecule has 3 heterocycles. The number of fused-ring (bicyclic) bond motifs is 2. The lowest BCUT2D eigenvalue weighted by Crippen LogP contribution is -2.56. The molecule has 1 atom stereocenters. The highest BCUT2D eigenvalue weighted by molar-refractivity contribution is 6.04. The first kappa shape index (κ1) is 16.4. The van der Waals surface area contributed by atoms with Gasteiger partial charge >= 0.3 is 0 Å². The molecule has 2 N–H and O–H groups in total. The summed E-state index contributed by atoms with van der Waals surface area (Å²) < 4.78 is 0. The first-order valence-corrected chi connectivity index (χ1v) is 8.29. The molecule has 0 bridgehead atoms. The third kappa shape index (κ3) is 3.26. The minimum atomic E-state index is -0.250. The summed E-state index contributed by atoms with van der Waals surface area (Å²) in [5, 5.41) is 15.0. The number of hydrogen-bond acceptors (Lipinski definition) is 4. The van der Waals surface area contributed by atoms with Gasteiger partial charge in [-0.1, -0.05) is 24.6 Å². The van der Waals surface area contributed by atoms with Gasteiger partial charge < -0.3 is 10.0 Å². The van der Waals surface area contributed by atoms with Crippen LogP contribution in [0.2, 0.25) is 0 Å². The quantitative estimate of drug-likeness (QED) is 0.775. The number of rotatable bonds is 1. The fourth-order valence-electron chi connectivity index (χ4n) is 3.62. The molecule has 2 aromatic rings. The number of nitrogens with zero attached hydrogens (tertiary/aromatic N) is 3. The number of para-hydroxylation sites is 1. The van der Waals surface area contributed by atoms with Crippen molar-refractivity contribution in [3.8, 4) is 0 Å². The smallest absolute Gasteiger partial charge is 0.290 e. The normalized spacial score (nSPS) is 20.8. The lowest BCUT2D eigenvalue weighted by molar-refractivity contribution is -0.122. The molecule has 24 heavy (non-hydrogen) atoms. The van der Waals surface area contributed by atoms with E-state index in [-0.39, 0.29) is 12.4 Å². The van der Waals surface area contributed by atoms with Crippen molar-refractivity contribution in [3.63, 3.8) is 0 Å². The van der Waals surface area contributed by atoms with Crippen LogP contribution in [0.1, 0.15) is 29.8 Å². The topological polar surface area (TPSA) is 89.5 Å². The highest BCUT2D eigenvalue weighted by atomic mass is 16.3. The zero-order chi connectivity index (χ0) is 16.9. The molecular formula is C17H22N4O3. The van der Waals surface area contributed by atoms with E-state index in [2.05, 4.69) is 15.1 Å². The molecule has 0 aliphatic carbocycles. The van der Waals surface area contributed by atoms with Crippen LogP contribution in [0, 0.1) is 0 Å². The van der Waals surface area contributed by atoms with Crippen molar-refractivity contribution in [2.45, 2.75) is 25.3 Å². The Kier molecular flexibility index (Phi) is 5.10. The van der Waals surface area contributed by atoms with Gasteiger partial charge in [-0.05, 0) is 25.5 Å². The van der Waals surface area contributed by atoms with E-state index >= 15 is 0 Å². The van der Waals surface area contributed by atoms with Crippen molar-refractivity contribution in [1.82, 2.24) is 20.0 Å². The molecule has 7 nitrogen and oxygen atoms in total. The van der Waals surface area contributed by atoms with E-state index in [1.54, 1.807) is 0 Å². The van der Waals surface area contributed by atoms with Crippen LogP contribution in [-0.4, -0.2) is 69.7 Å².